The van der Waals surface area contributed by atoms with Crippen LogP contribution in [0.2, 0.25) is 0 Å². The van der Waals surface area contributed by atoms with Crippen molar-refractivity contribution in [2.24, 2.45) is 4.99 Å². The number of aromatic nitrogens is 1. The lowest BCUT2D eigenvalue weighted by atomic mass is 10.1. The monoisotopic (exact) mass is 520 g/mol. The van der Waals surface area contributed by atoms with Gasteiger partial charge in [-0.2, -0.15) is 0 Å². The molecule has 0 unspecified atom stereocenters. The molecule has 0 aliphatic carbocycles. The van der Waals surface area contributed by atoms with Gasteiger partial charge in [0.25, 0.3) is 5.56 Å². The van der Waals surface area contributed by atoms with Gasteiger partial charge in [-0.1, -0.05) is 0 Å². The van der Waals surface area contributed by atoms with Crippen LogP contribution in [0.1, 0.15) is 19.4 Å². The summed E-state index contributed by atoms with van der Waals surface area (Å²) in [6.45, 7) is 5.64. The SMILES string of the molecule is C[C@@H]1CN(c2ccc(N=Cc3c(O)[nH]c(=O)c4ccc(I)cc34)cc2F)C[C@H](C)N1. The molecule has 1 aliphatic rings. The van der Waals surface area contributed by atoms with E-state index in [2.05, 4.69) is 51.7 Å². The third kappa shape index (κ3) is 4.20. The smallest absolute Gasteiger partial charge is 0.258 e. The summed E-state index contributed by atoms with van der Waals surface area (Å²) in [7, 11) is 0. The van der Waals surface area contributed by atoms with Crippen LogP contribution in [0.25, 0.3) is 10.8 Å². The van der Waals surface area contributed by atoms with Crippen LogP contribution < -0.4 is 15.8 Å². The maximum absolute atomic E-state index is 14.8. The molecule has 1 aromatic heterocycles. The zero-order chi connectivity index (χ0) is 21.4. The number of piperazine rings is 1. The van der Waals surface area contributed by atoms with E-state index in [9.17, 15) is 14.3 Å². The Hall–Kier alpha value is -2.46. The number of anilines is 1. The van der Waals surface area contributed by atoms with Crippen LogP contribution in [0.5, 0.6) is 5.88 Å². The number of halogens is 2. The molecule has 1 saturated heterocycles. The third-order valence-electron chi connectivity index (χ3n) is 5.18. The van der Waals surface area contributed by atoms with Gasteiger partial charge in [0.15, 0.2) is 0 Å². The van der Waals surface area contributed by atoms with E-state index in [1.165, 1.54) is 12.3 Å². The number of pyridine rings is 1. The number of hydrogen-bond acceptors (Lipinski definition) is 5. The zero-order valence-electron chi connectivity index (χ0n) is 16.6. The summed E-state index contributed by atoms with van der Waals surface area (Å²) in [6.07, 6.45) is 1.45. The molecule has 30 heavy (non-hydrogen) atoms. The largest absolute Gasteiger partial charge is 0.494 e. The summed E-state index contributed by atoms with van der Waals surface area (Å²) < 4.78 is 15.7. The molecule has 8 heteroatoms. The van der Waals surface area contributed by atoms with Crippen molar-refractivity contribution in [2.75, 3.05) is 18.0 Å². The van der Waals surface area contributed by atoms with Crippen LogP contribution in [0.4, 0.5) is 15.8 Å². The number of fused-ring (bicyclic) bond motifs is 1. The van der Waals surface area contributed by atoms with E-state index in [4.69, 9.17) is 0 Å². The Bertz CT molecular complexity index is 1180. The number of hydrogen-bond donors (Lipinski definition) is 3. The minimum atomic E-state index is -0.370. The zero-order valence-corrected chi connectivity index (χ0v) is 18.8. The lowest BCUT2D eigenvalue weighted by molar-refractivity contribution is 0.404. The Morgan fingerprint density at radius 3 is 2.60 bits per heavy atom. The quantitative estimate of drug-likeness (QED) is 0.362. The predicted octanol–water partition coefficient (Wildman–Crippen LogP) is 3.91. The van der Waals surface area contributed by atoms with Crippen molar-refractivity contribution >= 4 is 51.0 Å². The average Bonchev–Trinajstić information content (AvgIpc) is 2.66. The van der Waals surface area contributed by atoms with Crippen LogP contribution in [-0.4, -0.2) is 41.5 Å². The lowest BCUT2D eigenvalue weighted by Gasteiger charge is -2.37. The van der Waals surface area contributed by atoms with E-state index < -0.39 is 0 Å². The molecule has 3 N–H and O–H groups in total. The number of aliphatic imine (C=N–C) groups is 1. The first kappa shape index (κ1) is 20.8. The highest BCUT2D eigenvalue weighted by atomic mass is 127. The van der Waals surface area contributed by atoms with Crippen molar-refractivity contribution < 1.29 is 9.50 Å². The normalized spacial score (nSPS) is 19.7. The second-order valence-corrected chi connectivity index (χ2v) is 8.92. The first-order valence-corrected chi connectivity index (χ1v) is 10.8. The lowest BCUT2D eigenvalue weighted by Crippen LogP contribution is -2.54. The second-order valence-electron chi connectivity index (χ2n) is 7.67. The van der Waals surface area contributed by atoms with Gasteiger partial charge in [0.2, 0.25) is 5.88 Å². The Morgan fingerprint density at radius 2 is 1.90 bits per heavy atom. The van der Waals surface area contributed by atoms with Crippen molar-refractivity contribution in [3.63, 3.8) is 0 Å². The molecule has 2 aromatic carbocycles. The van der Waals surface area contributed by atoms with E-state index in [1.807, 2.05) is 17.0 Å². The molecule has 0 spiro atoms. The Labute approximate surface area is 187 Å². The van der Waals surface area contributed by atoms with Crippen LogP contribution in [-0.2, 0) is 0 Å². The summed E-state index contributed by atoms with van der Waals surface area (Å²) in [5, 5.41) is 14.7. The summed E-state index contributed by atoms with van der Waals surface area (Å²) in [5.41, 5.74) is 1.00. The minimum Gasteiger partial charge on any atom is -0.494 e. The standard InChI is InChI=1S/C22H22FIN4O2/c1-12-10-28(11-13(2)26-12)20-6-4-15(8-19(20)23)25-9-18-17-7-14(24)3-5-16(17)21(29)27-22(18)30/h3-9,12-13,26H,10-11H2,1-2H3,(H2,27,29,30)/t12-,13+. The number of aromatic hydroxyl groups is 1. The number of H-pyrrole nitrogens is 1. The number of rotatable bonds is 3. The maximum atomic E-state index is 14.8. The van der Waals surface area contributed by atoms with Gasteiger partial charge in [-0.05, 0) is 66.8 Å². The van der Waals surface area contributed by atoms with Gasteiger partial charge >= 0.3 is 0 Å². The summed E-state index contributed by atoms with van der Waals surface area (Å²) in [5.74, 6) is -0.602. The van der Waals surface area contributed by atoms with Gasteiger partial charge < -0.3 is 15.3 Å². The molecule has 3 aromatic rings. The van der Waals surface area contributed by atoms with Crippen molar-refractivity contribution in [2.45, 2.75) is 25.9 Å². The van der Waals surface area contributed by atoms with Crippen molar-refractivity contribution in [3.8, 4) is 5.88 Å². The molecule has 2 heterocycles. The van der Waals surface area contributed by atoms with Gasteiger partial charge in [-0.3, -0.25) is 14.8 Å². The fourth-order valence-electron chi connectivity index (χ4n) is 3.93. The Balaban J connectivity index is 1.66. The number of aromatic amines is 1. The highest BCUT2D eigenvalue weighted by Gasteiger charge is 2.23. The number of nitrogens with zero attached hydrogens (tertiary/aromatic N) is 2. The van der Waals surface area contributed by atoms with Crippen molar-refractivity contribution in [1.82, 2.24) is 10.3 Å². The molecule has 6 nitrogen and oxygen atoms in total. The molecule has 2 atom stereocenters. The summed E-state index contributed by atoms with van der Waals surface area (Å²) >= 11 is 2.14. The fourth-order valence-corrected chi connectivity index (χ4v) is 4.42. The van der Waals surface area contributed by atoms with Gasteiger partial charge in [-0.15, -0.1) is 0 Å². The van der Waals surface area contributed by atoms with Crippen molar-refractivity contribution in [3.05, 3.63) is 61.7 Å². The maximum Gasteiger partial charge on any atom is 0.258 e. The topological polar surface area (TPSA) is 80.7 Å². The summed E-state index contributed by atoms with van der Waals surface area (Å²) in [6, 6.07) is 10.8. The molecule has 0 radical (unpaired) electrons. The molecular formula is C22H22FIN4O2. The van der Waals surface area contributed by atoms with Gasteiger partial charge in [0.1, 0.15) is 5.82 Å². The second kappa shape index (κ2) is 8.35. The molecule has 0 bridgehead atoms. The highest BCUT2D eigenvalue weighted by molar-refractivity contribution is 14.1. The highest BCUT2D eigenvalue weighted by Crippen LogP contribution is 2.27. The summed E-state index contributed by atoms with van der Waals surface area (Å²) in [4.78, 5) is 20.9. The molecule has 1 aliphatic heterocycles. The third-order valence-corrected chi connectivity index (χ3v) is 5.85. The number of benzene rings is 2. The molecule has 1 fully saturated rings. The van der Waals surface area contributed by atoms with Gasteiger partial charge in [0.05, 0.1) is 16.9 Å². The van der Waals surface area contributed by atoms with E-state index in [1.54, 1.807) is 18.2 Å². The van der Waals surface area contributed by atoms with Gasteiger partial charge in [-0.25, -0.2) is 4.39 Å². The van der Waals surface area contributed by atoms with Crippen LogP contribution >= 0.6 is 22.6 Å². The van der Waals surface area contributed by atoms with E-state index in [-0.39, 0.29) is 29.3 Å². The van der Waals surface area contributed by atoms with E-state index in [0.29, 0.717) is 27.7 Å². The van der Waals surface area contributed by atoms with Crippen LogP contribution in [0.15, 0.2) is 46.2 Å². The van der Waals surface area contributed by atoms with E-state index in [0.717, 1.165) is 16.7 Å². The molecule has 0 saturated carbocycles. The Morgan fingerprint density at radius 1 is 1.17 bits per heavy atom. The first-order chi connectivity index (χ1) is 14.3. The average molecular weight is 520 g/mol. The van der Waals surface area contributed by atoms with Gasteiger partial charge in [0, 0.05) is 51.8 Å². The minimum absolute atomic E-state index is 0.265. The van der Waals surface area contributed by atoms with E-state index >= 15 is 0 Å². The molecule has 4 rings (SSSR count). The fraction of sp³-hybridized carbons (Fsp3) is 0.273. The first-order valence-electron chi connectivity index (χ1n) is 9.71. The van der Waals surface area contributed by atoms with Crippen LogP contribution in [0.3, 0.4) is 0 Å². The van der Waals surface area contributed by atoms with Crippen molar-refractivity contribution in [1.29, 1.82) is 0 Å². The predicted molar refractivity (Wildman–Crippen MR) is 127 cm³/mol. The Kier molecular flexibility index (Phi) is 5.79. The molecule has 156 valence electrons. The molecule has 0 amide bonds. The number of nitrogens with one attached hydrogen (secondary N) is 2. The molecular weight excluding hydrogens is 498 g/mol. The van der Waals surface area contributed by atoms with Crippen LogP contribution in [0, 0.1) is 9.39 Å².